The Morgan fingerprint density at radius 3 is 2.79 bits per heavy atom. The molecule has 0 aliphatic rings. The van der Waals surface area contributed by atoms with Gasteiger partial charge in [0.25, 0.3) is 0 Å². The first-order chi connectivity index (χ1) is 11.8. The zero-order chi connectivity index (χ0) is 17.0. The molecule has 2 rings (SSSR count). The molecule has 0 spiro atoms. The van der Waals surface area contributed by atoms with E-state index in [4.69, 9.17) is 0 Å². The van der Waals surface area contributed by atoms with Crippen LogP contribution in [0.25, 0.3) is 0 Å². The molecule has 0 aliphatic carbocycles. The van der Waals surface area contributed by atoms with Gasteiger partial charge in [0, 0.05) is 0 Å². The minimum absolute atomic E-state index is 0.215. The average Bonchev–Trinajstić information content (AvgIpc) is 3.08. The normalized spacial score (nSPS) is 11.8. The molecular weight excluding hydrogens is 361 g/mol. The van der Waals surface area contributed by atoms with Gasteiger partial charge in [-0.1, -0.05) is 0 Å². The summed E-state index contributed by atoms with van der Waals surface area (Å²) in [4.78, 5) is 0. The second-order valence-corrected chi connectivity index (χ2v) is 7.77. The minimum atomic E-state index is 0.215. The van der Waals surface area contributed by atoms with Crippen LogP contribution in [0.15, 0.2) is 66.9 Å². The molecule has 24 heavy (non-hydrogen) atoms. The fraction of sp³-hybridized carbons (Fsp3) is 0.300. The maximum absolute atomic E-state index is 4.31. The number of hydrogen-bond acceptors (Lipinski definition) is 3. The second-order valence-electron chi connectivity index (χ2n) is 5.54. The summed E-state index contributed by atoms with van der Waals surface area (Å²) >= 11 is 0.215. The van der Waals surface area contributed by atoms with Crippen LogP contribution >= 0.6 is 0 Å². The van der Waals surface area contributed by atoms with E-state index in [9.17, 15) is 0 Å². The van der Waals surface area contributed by atoms with Gasteiger partial charge in [-0.15, -0.1) is 0 Å². The molecule has 1 aromatic heterocycles. The standard InChI is InChI=1S/C20H25N3Se/c1-3-5-10-17(4-2)13-9-16-21-20-23-22-19(24-20)15-14-18-11-7-6-8-12-18/h4,6-9,11-13,16H,2-3,5,10,14-15H2,1H3,(H,21,23)/b16-9+,17-13+. The average molecular weight is 386 g/mol. The molecule has 1 N–H and O–H groups in total. The van der Waals surface area contributed by atoms with Crippen LogP contribution in [0.1, 0.15) is 36.3 Å². The molecule has 1 aromatic carbocycles. The summed E-state index contributed by atoms with van der Waals surface area (Å²) in [6.45, 7) is 6.07. The number of hydrogen-bond donors (Lipinski definition) is 1. The van der Waals surface area contributed by atoms with Crippen LogP contribution in [0.5, 0.6) is 0 Å². The van der Waals surface area contributed by atoms with Crippen molar-refractivity contribution in [3.63, 3.8) is 0 Å². The van der Waals surface area contributed by atoms with E-state index >= 15 is 0 Å². The van der Waals surface area contributed by atoms with Crippen molar-refractivity contribution in [1.29, 1.82) is 0 Å². The summed E-state index contributed by atoms with van der Waals surface area (Å²) in [7, 11) is 0. The summed E-state index contributed by atoms with van der Waals surface area (Å²) in [6.07, 6.45) is 13.5. The summed E-state index contributed by atoms with van der Waals surface area (Å²) < 4.78 is 2.18. The first-order valence-electron chi connectivity index (χ1n) is 8.42. The zero-order valence-electron chi connectivity index (χ0n) is 14.2. The van der Waals surface area contributed by atoms with Crippen molar-refractivity contribution in [3.05, 3.63) is 77.0 Å². The van der Waals surface area contributed by atoms with Gasteiger partial charge < -0.3 is 0 Å². The Bertz CT molecular complexity index is 671. The van der Waals surface area contributed by atoms with Gasteiger partial charge in [0.15, 0.2) is 0 Å². The zero-order valence-corrected chi connectivity index (χ0v) is 16.0. The van der Waals surface area contributed by atoms with E-state index in [1.165, 1.54) is 28.5 Å². The fourth-order valence-electron chi connectivity index (χ4n) is 2.23. The predicted molar refractivity (Wildman–Crippen MR) is 103 cm³/mol. The van der Waals surface area contributed by atoms with Crippen LogP contribution in [0.3, 0.4) is 0 Å². The Morgan fingerprint density at radius 2 is 2.04 bits per heavy atom. The summed E-state index contributed by atoms with van der Waals surface area (Å²) in [5, 5.41) is 11.8. The van der Waals surface area contributed by atoms with Crippen molar-refractivity contribution >= 4 is 19.2 Å². The van der Waals surface area contributed by atoms with Crippen LogP contribution in [-0.2, 0) is 12.8 Å². The van der Waals surface area contributed by atoms with Gasteiger partial charge in [-0.2, -0.15) is 0 Å². The molecule has 1 heterocycles. The van der Waals surface area contributed by atoms with Crippen LogP contribution in [-0.4, -0.2) is 24.7 Å². The molecule has 3 nitrogen and oxygen atoms in total. The van der Waals surface area contributed by atoms with Gasteiger partial charge in [0.2, 0.25) is 0 Å². The van der Waals surface area contributed by atoms with Crippen molar-refractivity contribution in [1.82, 2.24) is 10.2 Å². The number of anilines is 1. The molecule has 0 saturated carbocycles. The molecule has 126 valence electrons. The summed E-state index contributed by atoms with van der Waals surface area (Å²) in [5.74, 6) is 0. The van der Waals surface area contributed by atoms with Gasteiger partial charge in [0.1, 0.15) is 0 Å². The monoisotopic (exact) mass is 387 g/mol. The number of benzene rings is 1. The van der Waals surface area contributed by atoms with Crippen LogP contribution in [0.4, 0.5) is 4.69 Å². The maximum atomic E-state index is 4.31. The second kappa shape index (κ2) is 10.8. The third kappa shape index (κ3) is 6.69. The molecule has 4 heteroatoms. The molecule has 0 saturated heterocycles. The van der Waals surface area contributed by atoms with E-state index in [1.807, 2.05) is 24.4 Å². The molecule has 0 aliphatic heterocycles. The number of aryl methyl sites for hydroxylation is 2. The summed E-state index contributed by atoms with van der Waals surface area (Å²) in [5.41, 5.74) is 2.63. The molecule has 0 radical (unpaired) electrons. The molecule has 0 atom stereocenters. The topological polar surface area (TPSA) is 37.8 Å². The molecule has 0 fully saturated rings. The molecule has 0 amide bonds. The Morgan fingerprint density at radius 1 is 1.21 bits per heavy atom. The number of unbranched alkanes of at least 4 members (excludes halogenated alkanes) is 1. The van der Waals surface area contributed by atoms with Gasteiger partial charge in [-0.05, 0) is 0 Å². The van der Waals surface area contributed by atoms with E-state index in [1.54, 1.807) is 0 Å². The van der Waals surface area contributed by atoms with Gasteiger partial charge in [-0.25, -0.2) is 0 Å². The number of allylic oxidation sites excluding steroid dienone is 4. The SMILES string of the molecule is C=C/C(=C\C=C\Nc1nnc(CCc2ccccc2)[se]1)CCCC. The van der Waals surface area contributed by atoms with Crippen molar-refractivity contribution in [2.75, 3.05) is 5.32 Å². The van der Waals surface area contributed by atoms with Crippen molar-refractivity contribution in [3.8, 4) is 0 Å². The molecular formula is C20H25N3Se. The first-order valence-corrected chi connectivity index (χ1v) is 10.1. The van der Waals surface area contributed by atoms with E-state index in [-0.39, 0.29) is 14.5 Å². The Kier molecular flexibility index (Phi) is 8.29. The molecule has 0 unspecified atom stereocenters. The van der Waals surface area contributed by atoms with Crippen molar-refractivity contribution < 1.29 is 0 Å². The van der Waals surface area contributed by atoms with Crippen molar-refractivity contribution in [2.45, 2.75) is 39.0 Å². The van der Waals surface area contributed by atoms with E-state index in [2.05, 4.69) is 59.4 Å². The third-order valence-electron chi connectivity index (χ3n) is 3.63. The number of rotatable bonds is 10. The Labute approximate surface area is 151 Å². The number of aromatic nitrogens is 2. The van der Waals surface area contributed by atoms with Crippen LogP contribution < -0.4 is 5.32 Å². The number of nitrogens with one attached hydrogen (secondary N) is 1. The fourth-order valence-corrected chi connectivity index (χ4v) is 3.74. The third-order valence-corrected chi connectivity index (χ3v) is 5.55. The van der Waals surface area contributed by atoms with Crippen LogP contribution in [0, 0.1) is 0 Å². The van der Waals surface area contributed by atoms with E-state index in [0.717, 1.165) is 24.0 Å². The number of nitrogens with zero attached hydrogens (tertiary/aromatic N) is 2. The first kappa shape index (κ1) is 18.4. The Hall–Kier alpha value is -1.90. The molecule has 2 aromatic rings. The van der Waals surface area contributed by atoms with Gasteiger partial charge >= 0.3 is 151 Å². The van der Waals surface area contributed by atoms with Crippen LogP contribution in [0.2, 0.25) is 0 Å². The van der Waals surface area contributed by atoms with E-state index in [0.29, 0.717) is 0 Å². The van der Waals surface area contributed by atoms with Gasteiger partial charge in [-0.3, -0.25) is 0 Å². The predicted octanol–water partition coefficient (Wildman–Crippen LogP) is 4.55. The quantitative estimate of drug-likeness (QED) is 0.481. The van der Waals surface area contributed by atoms with Crippen molar-refractivity contribution in [2.24, 2.45) is 0 Å². The molecule has 0 bridgehead atoms. The Balaban J connectivity index is 1.79. The van der Waals surface area contributed by atoms with E-state index < -0.39 is 0 Å². The van der Waals surface area contributed by atoms with Gasteiger partial charge in [0.05, 0.1) is 0 Å². The summed E-state index contributed by atoms with van der Waals surface area (Å²) in [6, 6.07) is 10.5.